The van der Waals surface area contributed by atoms with Gasteiger partial charge in [-0.1, -0.05) is 34.1 Å². The summed E-state index contributed by atoms with van der Waals surface area (Å²) in [6.45, 7) is 0.801. The Morgan fingerprint density at radius 1 is 1.24 bits per heavy atom. The monoisotopic (exact) mass is 353 g/mol. The van der Waals surface area contributed by atoms with Gasteiger partial charge in [0.1, 0.15) is 5.82 Å². The van der Waals surface area contributed by atoms with Crippen LogP contribution in [-0.4, -0.2) is 18.8 Å². The fraction of sp³-hybridized carbons (Fsp3) is 0.250. The maximum Gasteiger partial charge on any atom is 0.123 e. The molecule has 0 fully saturated rings. The number of methoxy groups -OCH3 is 1. The second-order valence-corrected chi connectivity index (χ2v) is 5.50. The van der Waals surface area contributed by atoms with Gasteiger partial charge in [0, 0.05) is 29.4 Å². The van der Waals surface area contributed by atoms with Gasteiger partial charge in [-0.3, -0.25) is 0 Å². The highest BCUT2D eigenvalue weighted by Gasteiger charge is 2.10. The molecule has 0 aliphatic heterocycles. The summed E-state index contributed by atoms with van der Waals surface area (Å²) >= 11 is 3.48. The van der Waals surface area contributed by atoms with E-state index in [9.17, 15) is 9.50 Å². The van der Waals surface area contributed by atoms with Crippen LogP contribution < -0.4 is 5.32 Å². The Kier molecular flexibility index (Phi) is 5.73. The highest BCUT2D eigenvalue weighted by molar-refractivity contribution is 9.10. The van der Waals surface area contributed by atoms with E-state index in [4.69, 9.17) is 4.74 Å². The van der Waals surface area contributed by atoms with E-state index in [0.29, 0.717) is 18.7 Å². The maximum absolute atomic E-state index is 12.9. The standard InChI is InChI=1S/C16H17BrFNO2/c1-21-10-13-14(17)3-2-4-15(13)19-9-16(20)11-5-7-12(18)8-6-11/h2-8,16,19-20H,9-10H2,1H3. The van der Waals surface area contributed by atoms with E-state index in [1.165, 1.54) is 12.1 Å². The van der Waals surface area contributed by atoms with E-state index in [1.807, 2.05) is 18.2 Å². The van der Waals surface area contributed by atoms with Crippen LogP contribution in [0.1, 0.15) is 17.2 Å². The Morgan fingerprint density at radius 2 is 1.95 bits per heavy atom. The normalized spacial score (nSPS) is 12.2. The van der Waals surface area contributed by atoms with Crippen LogP contribution >= 0.6 is 15.9 Å². The Balaban J connectivity index is 2.05. The summed E-state index contributed by atoms with van der Waals surface area (Å²) in [7, 11) is 1.64. The van der Waals surface area contributed by atoms with Crippen molar-refractivity contribution in [2.45, 2.75) is 12.7 Å². The molecule has 0 saturated heterocycles. The highest BCUT2D eigenvalue weighted by atomic mass is 79.9. The molecule has 2 aromatic rings. The minimum atomic E-state index is -0.708. The van der Waals surface area contributed by atoms with Crippen LogP contribution in [0.25, 0.3) is 0 Å². The third-order valence-electron chi connectivity index (χ3n) is 3.15. The number of anilines is 1. The third kappa shape index (κ3) is 4.27. The molecule has 0 aromatic heterocycles. The molecule has 0 heterocycles. The minimum Gasteiger partial charge on any atom is -0.387 e. The lowest BCUT2D eigenvalue weighted by Crippen LogP contribution is -2.13. The van der Waals surface area contributed by atoms with Crippen molar-refractivity contribution >= 4 is 21.6 Å². The van der Waals surface area contributed by atoms with Crippen molar-refractivity contribution < 1.29 is 14.2 Å². The molecule has 2 aromatic carbocycles. The van der Waals surface area contributed by atoms with Gasteiger partial charge in [-0.15, -0.1) is 0 Å². The molecule has 0 aliphatic rings. The number of halogens is 2. The molecule has 0 bridgehead atoms. The molecule has 2 N–H and O–H groups in total. The van der Waals surface area contributed by atoms with Gasteiger partial charge in [0.25, 0.3) is 0 Å². The van der Waals surface area contributed by atoms with Crippen LogP contribution in [0.15, 0.2) is 46.9 Å². The molecule has 0 amide bonds. The van der Waals surface area contributed by atoms with Crippen molar-refractivity contribution in [2.24, 2.45) is 0 Å². The van der Waals surface area contributed by atoms with Crippen molar-refractivity contribution in [3.8, 4) is 0 Å². The smallest absolute Gasteiger partial charge is 0.123 e. The summed E-state index contributed by atoms with van der Waals surface area (Å²) in [6, 6.07) is 11.6. The lowest BCUT2D eigenvalue weighted by Gasteiger charge is -2.16. The van der Waals surface area contributed by atoms with E-state index in [0.717, 1.165) is 15.7 Å². The molecule has 5 heteroatoms. The topological polar surface area (TPSA) is 41.5 Å². The summed E-state index contributed by atoms with van der Waals surface area (Å²) in [6.07, 6.45) is -0.708. The van der Waals surface area contributed by atoms with Crippen molar-refractivity contribution in [3.63, 3.8) is 0 Å². The summed E-state index contributed by atoms with van der Waals surface area (Å²) < 4.78 is 19.0. The van der Waals surface area contributed by atoms with Gasteiger partial charge in [-0.2, -0.15) is 0 Å². The number of hydrogen-bond acceptors (Lipinski definition) is 3. The van der Waals surface area contributed by atoms with Gasteiger partial charge < -0.3 is 15.2 Å². The predicted octanol–water partition coefficient (Wildman–Crippen LogP) is 3.88. The Labute approximate surface area is 131 Å². The van der Waals surface area contributed by atoms with Gasteiger partial charge in [-0.05, 0) is 29.8 Å². The number of aliphatic hydroxyl groups excluding tert-OH is 1. The molecular formula is C16H17BrFNO2. The summed E-state index contributed by atoms with van der Waals surface area (Å²) in [4.78, 5) is 0. The van der Waals surface area contributed by atoms with E-state index in [-0.39, 0.29) is 5.82 Å². The number of aliphatic hydroxyl groups is 1. The van der Waals surface area contributed by atoms with Gasteiger partial charge in [0.15, 0.2) is 0 Å². The van der Waals surface area contributed by atoms with Crippen LogP contribution in [0, 0.1) is 5.82 Å². The van der Waals surface area contributed by atoms with E-state index in [1.54, 1.807) is 19.2 Å². The fourth-order valence-corrected chi connectivity index (χ4v) is 2.51. The summed E-state index contributed by atoms with van der Waals surface area (Å²) in [5, 5.41) is 13.3. The number of rotatable bonds is 6. The van der Waals surface area contributed by atoms with Crippen LogP contribution in [0.5, 0.6) is 0 Å². The third-order valence-corrected chi connectivity index (χ3v) is 3.89. The lowest BCUT2D eigenvalue weighted by molar-refractivity contribution is 0.183. The minimum absolute atomic E-state index is 0.312. The molecule has 0 saturated carbocycles. The van der Waals surface area contributed by atoms with E-state index in [2.05, 4.69) is 21.2 Å². The molecule has 1 atom stereocenters. The average molecular weight is 354 g/mol. The molecule has 0 aliphatic carbocycles. The van der Waals surface area contributed by atoms with E-state index < -0.39 is 6.10 Å². The first kappa shape index (κ1) is 15.9. The van der Waals surface area contributed by atoms with Crippen molar-refractivity contribution in [1.82, 2.24) is 0 Å². The zero-order chi connectivity index (χ0) is 15.2. The quantitative estimate of drug-likeness (QED) is 0.827. The van der Waals surface area contributed by atoms with Gasteiger partial charge in [-0.25, -0.2) is 4.39 Å². The Morgan fingerprint density at radius 3 is 2.62 bits per heavy atom. The molecular weight excluding hydrogens is 337 g/mol. The maximum atomic E-state index is 12.9. The van der Waals surface area contributed by atoms with Gasteiger partial charge in [0.05, 0.1) is 12.7 Å². The van der Waals surface area contributed by atoms with Crippen LogP contribution in [0.3, 0.4) is 0 Å². The van der Waals surface area contributed by atoms with Gasteiger partial charge in [0.2, 0.25) is 0 Å². The zero-order valence-electron chi connectivity index (χ0n) is 11.6. The number of nitrogens with one attached hydrogen (secondary N) is 1. The zero-order valence-corrected chi connectivity index (χ0v) is 13.2. The molecule has 3 nitrogen and oxygen atoms in total. The SMILES string of the molecule is COCc1c(Br)cccc1NCC(O)c1ccc(F)cc1. The largest absolute Gasteiger partial charge is 0.387 e. The fourth-order valence-electron chi connectivity index (χ4n) is 2.02. The molecule has 0 radical (unpaired) electrons. The van der Waals surface area contributed by atoms with Crippen LogP contribution in [0.2, 0.25) is 0 Å². The molecule has 112 valence electrons. The Bertz CT molecular complexity index is 589. The summed E-state index contributed by atoms with van der Waals surface area (Å²) in [5.41, 5.74) is 2.56. The van der Waals surface area contributed by atoms with E-state index >= 15 is 0 Å². The van der Waals surface area contributed by atoms with Crippen molar-refractivity contribution in [3.05, 3.63) is 63.9 Å². The number of hydrogen-bond donors (Lipinski definition) is 2. The van der Waals surface area contributed by atoms with Crippen LogP contribution in [-0.2, 0) is 11.3 Å². The number of ether oxygens (including phenoxy) is 1. The van der Waals surface area contributed by atoms with Crippen molar-refractivity contribution in [2.75, 3.05) is 19.0 Å². The predicted molar refractivity (Wildman–Crippen MR) is 84.7 cm³/mol. The number of benzene rings is 2. The van der Waals surface area contributed by atoms with Crippen molar-refractivity contribution in [1.29, 1.82) is 0 Å². The highest BCUT2D eigenvalue weighted by Crippen LogP contribution is 2.26. The van der Waals surface area contributed by atoms with Gasteiger partial charge >= 0.3 is 0 Å². The Hall–Kier alpha value is -1.43. The first-order valence-electron chi connectivity index (χ1n) is 6.55. The molecule has 0 spiro atoms. The average Bonchev–Trinajstić information content (AvgIpc) is 2.48. The molecule has 1 unspecified atom stereocenters. The lowest BCUT2D eigenvalue weighted by atomic mass is 10.1. The molecule has 21 heavy (non-hydrogen) atoms. The summed E-state index contributed by atoms with van der Waals surface area (Å²) in [5.74, 6) is -0.312. The van der Waals surface area contributed by atoms with Crippen LogP contribution in [0.4, 0.5) is 10.1 Å². The first-order chi connectivity index (χ1) is 10.1. The molecule has 2 rings (SSSR count). The first-order valence-corrected chi connectivity index (χ1v) is 7.35. The second kappa shape index (κ2) is 7.54. The second-order valence-electron chi connectivity index (χ2n) is 4.65.